The molecule has 0 unspecified atom stereocenters. The Bertz CT molecular complexity index is 993. The van der Waals surface area contributed by atoms with Gasteiger partial charge in [0, 0.05) is 32.7 Å². The van der Waals surface area contributed by atoms with Gasteiger partial charge in [0.15, 0.2) is 0 Å². The Morgan fingerprint density at radius 3 is 2.34 bits per heavy atom. The van der Waals surface area contributed by atoms with Crippen LogP contribution in [0.5, 0.6) is 0 Å². The normalized spacial score (nSPS) is 15.3. The molecule has 1 saturated heterocycles. The van der Waals surface area contributed by atoms with E-state index in [2.05, 4.69) is 5.32 Å². The summed E-state index contributed by atoms with van der Waals surface area (Å²) in [6, 6.07) is 7.97. The second kappa shape index (κ2) is 8.83. The van der Waals surface area contributed by atoms with Gasteiger partial charge in [-0.3, -0.25) is 0 Å². The lowest BCUT2D eigenvalue weighted by Gasteiger charge is -2.34. The first kappa shape index (κ1) is 21.1. The summed E-state index contributed by atoms with van der Waals surface area (Å²) in [5.74, 6) is -2.22. The number of carbonyl (C=O) groups excluding carboxylic acids is 1. The molecule has 2 aromatic carbocycles. The molecule has 2 amide bonds. The maximum absolute atomic E-state index is 13.9. The summed E-state index contributed by atoms with van der Waals surface area (Å²) >= 11 is 0. The number of benzene rings is 2. The highest BCUT2D eigenvalue weighted by Gasteiger charge is 2.32. The van der Waals surface area contributed by atoms with Gasteiger partial charge >= 0.3 is 6.03 Å². The zero-order chi connectivity index (χ0) is 21.0. The van der Waals surface area contributed by atoms with Crippen molar-refractivity contribution in [3.63, 3.8) is 0 Å². The molecule has 10 heteroatoms. The van der Waals surface area contributed by atoms with Crippen molar-refractivity contribution in [2.75, 3.05) is 32.7 Å². The number of halogens is 3. The van der Waals surface area contributed by atoms with Gasteiger partial charge in [0.05, 0.1) is 0 Å². The van der Waals surface area contributed by atoms with Crippen molar-refractivity contribution >= 4 is 16.1 Å². The third-order valence-corrected chi connectivity index (χ3v) is 6.53. The van der Waals surface area contributed by atoms with E-state index in [0.29, 0.717) is 19.0 Å². The number of carbonyl (C=O) groups is 1. The van der Waals surface area contributed by atoms with Gasteiger partial charge in [-0.25, -0.2) is 26.4 Å². The van der Waals surface area contributed by atoms with Crippen molar-refractivity contribution in [3.8, 4) is 0 Å². The molecule has 1 aliphatic heterocycles. The fraction of sp³-hybridized carbons (Fsp3) is 0.316. The SMILES string of the molecule is O=C(NCCc1cccc(F)c1)N1CCN(S(=O)(=O)c2cc(F)ccc2F)CC1. The van der Waals surface area contributed by atoms with E-state index in [0.717, 1.165) is 22.0 Å². The molecule has 0 saturated carbocycles. The van der Waals surface area contributed by atoms with Crippen LogP contribution in [0.15, 0.2) is 47.4 Å². The minimum absolute atomic E-state index is 0.0321. The average molecular weight is 427 g/mol. The lowest BCUT2D eigenvalue weighted by Crippen LogP contribution is -2.53. The number of urea groups is 1. The van der Waals surface area contributed by atoms with Crippen molar-refractivity contribution in [2.45, 2.75) is 11.3 Å². The first-order valence-corrected chi connectivity index (χ1v) is 10.4. The van der Waals surface area contributed by atoms with Crippen molar-refractivity contribution in [3.05, 3.63) is 65.5 Å². The van der Waals surface area contributed by atoms with E-state index in [-0.39, 0.29) is 38.0 Å². The predicted molar refractivity (Wildman–Crippen MR) is 100 cm³/mol. The molecule has 3 rings (SSSR count). The Balaban J connectivity index is 1.53. The standard InChI is InChI=1S/C19H20F3N3O3S/c20-15-3-1-2-14(12-15)6-7-23-19(26)24-8-10-25(11-9-24)29(27,28)18-13-16(21)4-5-17(18)22/h1-5,12-13H,6-11H2,(H,23,26). The molecule has 29 heavy (non-hydrogen) atoms. The number of rotatable bonds is 5. The Hall–Kier alpha value is -2.59. The topological polar surface area (TPSA) is 69.7 Å². The summed E-state index contributed by atoms with van der Waals surface area (Å²) in [4.78, 5) is 13.0. The van der Waals surface area contributed by atoms with Crippen LogP contribution in [0.25, 0.3) is 0 Å². The van der Waals surface area contributed by atoms with E-state index in [9.17, 15) is 26.4 Å². The number of amides is 2. The van der Waals surface area contributed by atoms with Crippen molar-refractivity contribution in [1.29, 1.82) is 0 Å². The van der Waals surface area contributed by atoms with Gasteiger partial charge in [0.25, 0.3) is 0 Å². The van der Waals surface area contributed by atoms with Gasteiger partial charge in [-0.15, -0.1) is 0 Å². The molecule has 0 aromatic heterocycles. The van der Waals surface area contributed by atoms with E-state index in [1.54, 1.807) is 12.1 Å². The molecule has 1 aliphatic rings. The molecule has 6 nitrogen and oxygen atoms in total. The van der Waals surface area contributed by atoms with E-state index in [1.807, 2.05) is 0 Å². The predicted octanol–water partition coefficient (Wildman–Crippen LogP) is 2.36. The van der Waals surface area contributed by atoms with Gasteiger partial charge < -0.3 is 10.2 Å². The smallest absolute Gasteiger partial charge is 0.317 e. The molecule has 1 N–H and O–H groups in total. The first-order chi connectivity index (χ1) is 13.8. The highest BCUT2D eigenvalue weighted by atomic mass is 32.2. The number of hydrogen-bond acceptors (Lipinski definition) is 3. The highest BCUT2D eigenvalue weighted by molar-refractivity contribution is 7.89. The van der Waals surface area contributed by atoms with Crippen LogP contribution >= 0.6 is 0 Å². The molecule has 1 fully saturated rings. The van der Waals surface area contributed by atoms with Crippen LogP contribution < -0.4 is 5.32 Å². The number of nitrogens with zero attached hydrogens (tertiary/aromatic N) is 2. The summed E-state index contributed by atoms with van der Waals surface area (Å²) in [6.07, 6.45) is 0.455. The fourth-order valence-electron chi connectivity index (χ4n) is 3.06. The number of sulfonamides is 1. The summed E-state index contributed by atoms with van der Waals surface area (Å²) in [5.41, 5.74) is 0.748. The summed E-state index contributed by atoms with van der Waals surface area (Å²) in [7, 11) is -4.20. The maximum Gasteiger partial charge on any atom is 0.317 e. The molecule has 0 radical (unpaired) electrons. The second-order valence-corrected chi connectivity index (χ2v) is 8.48. The summed E-state index contributed by atoms with van der Waals surface area (Å²) < 4.78 is 66.5. The molecule has 156 valence electrons. The molecular formula is C19H20F3N3O3S. The Morgan fingerprint density at radius 1 is 0.966 bits per heavy atom. The number of hydrogen-bond donors (Lipinski definition) is 1. The zero-order valence-electron chi connectivity index (χ0n) is 15.4. The van der Waals surface area contributed by atoms with Crippen LogP contribution in [0.3, 0.4) is 0 Å². The van der Waals surface area contributed by atoms with E-state index in [4.69, 9.17) is 0 Å². The fourth-order valence-corrected chi connectivity index (χ4v) is 4.56. The van der Waals surface area contributed by atoms with Crippen LogP contribution in [-0.2, 0) is 16.4 Å². The molecule has 0 atom stereocenters. The Kier molecular flexibility index (Phi) is 6.43. The van der Waals surface area contributed by atoms with Crippen molar-refractivity contribution in [2.24, 2.45) is 0 Å². The molecule has 1 heterocycles. The van der Waals surface area contributed by atoms with E-state index >= 15 is 0 Å². The Labute approximate surface area is 167 Å². The quantitative estimate of drug-likeness (QED) is 0.797. The second-order valence-electron chi connectivity index (χ2n) is 6.58. The van der Waals surface area contributed by atoms with Crippen LogP contribution in [-0.4, -0.2) is 56.4 Å². The maximum atomic E-state index is 13.9. The summed E-state index contributed by atoms with van der Waals surface area (Å²) in [6.45, 7) is 0.463. The van der Waals surface area contributed by atoms with Crippen LogP contribution in [0, 0.1) is 17.5 Å². The largest absolute Gasteiger partial charge is 0.338 e. The van der Waals surface area contributed by atoms with Gasteiger partial charge in [0.1, 0.15) is 22.3 Å². The Morgan fingerprint density at radius 2 is 1.66 bits per heavy atom. The molecule has 2 aromatic rings. The van der Waals surface area contributed by atoms with Crippen LogP contribution in [0.2, 0.25) is 0 Å². The molecular weight excluding hydrogens is 407 g/mol. The monoisotopic (exact) mass is 427 g/mol. The average Bonchev–Trinajstić information content (AvgIpc) is 2.70. The van der Waals surface area contributed by atoms with Crippen molar-refractivity contribution in [1.82, 2.24) is 14.5 Å². The zero-order valence-corrected chi connectivity index (χ0v) is 16.3. The molecule has 0 spiro atoms. The lowest BCUT2D eigenvalue weighted by atomic mass is 10.1. The van der Waals surface area contributed by atoms with Crippen LogP contribution in [0.1, 0.15) is 5.56 Å². The molecule has 0 aliphatic carbocycles. The minimum atomic E-state index is -4.20. The number of piperazine rings is 1. The van der Waals surface area contributed by atoms with Crippen LogP contribution in [0.4, 0.5) is 18.0 Å². The van der Waals surface area contributed by atoms with Gasteiger partial charge in [-0.2, -0.15) is 4.31 Å². The van der Waals surface area contributed by atoms with E-state index < -0.39 is 26.6 Å². The number of nitrogens with one attached hydrogen (secondary N) is 1. The van der Waals surface area contributed by atoms with Gasteiger partial charge in [-0.05, 0) is 42.3 Å². The van der Waals surface area contributed by atoms with E-state index in [1.165, 1.54) is 17.0 Å². The highest BCUT2D eigenvalue weighted by Crippen LogP contribution is 2.21. The van der Waals surface area contributed by atoms with Crippen molar-refractivity contribution < 1.29 is 26.4 Å². The minimum Gasteiger partial charge on any atom is -0.338 e. The third kappa shape index (κ3) is 5.07. The van der Waals surface area contributed by atoms with Gasteiger partial charge in [-0.1, -0.05) is 12.1 Å². The third-order valence-electron chi connectivity index (χ3n) is 4.62. The summed E-state index contributed by atoms with van der Waals surface area (Å²) in [5, 5.41) is 2.71. The first-order valence-electron chi connectivity index (χ1n) is 9.00. The lowest BCUT2D eigenvalue weighted by molar-refractivity contribution is 0.172. The molecule has 0 bridgehead atoms. The van der Waals surface area contributed by atoms with Gasteiger partial charge in [0.2, 0.25) is 10.0 Å².